The van der Waals surface area contributed by atoms with Crippen molar-refractivity contribution in [2.45, 2.75) is 33.3 Å². The maximum atomic E-state index is 11.4. The molecule has 1 atom stereocenters. The van der Waals surface area contributed by atoms with Crippen LogP contribution in [-0.4, -0.2) is 17.2 Å². The molecule has 0 heterocycles. The summed E-state index contributed by atoms with van der Waals surface area (Å²) in [5.41, 5.74) is 4.26. The molecule has 0 unspecified atom stereocenters. The number of ether oxygens (including phenoxy) is 1. The summed E-state index contributed by atoms with van der Waals surface area (Å²) in [6.45, 7) is 5.97. The Kier molecular flexibility index (Phi) is 4.63. The molecule has 0 aliphatic heterocycles. The summed E-state index contributed by atoms with van der Waals surface area (Å²) in [4.78, 5) is 11.4. The molecule has 2 aromatic carbocycles. The molecule has 2 rings (SSSR count). The molecule has 0 amide bonds. The van der Waals surface area contributed by atoms with Gasteiger partial charge in [0.15, 0.2) is 6.10 Å². The summed E-state index contributed by atoms with van der Waals surface area (Å²) in [5.74, 6) is -0.329. The summed E-state index contributed by atoms with van der Waals surface area (Å²) >= 11 is 0. The van der Waals surface area contributed by atoms with Gasteiger partial charge in [-0.15, -0.1) is 0 Å². The van der Waals surface area contributed by atoms with Crippen molar-refractivity contribution in [3.05, 3.63) is 64.7 Å². The number of para-hydroxylation sites is 1. The van der Waals surface area contributed by atoms with Gasteiger partial charge in [-0.2, -0.15) is 0 Å². The maximum Gasteiger partial charge on any atom is 0.345 e. The van der Waals surface area contributed by atoms with Crippen molar-refractivity contribution in [2.24, 2.45) is 0 Å². The topological polar surface area (TPSA) is 46.5 Å². The smallest absolute Gasteiger partial charge is 0.345 e. The quantitative estimate of drug-likeness (QED) is 0.911. The fourth-order valence-corrected chi connectivity index (χ4v) is 2.17. The number of rotatable bonds is 5. The van der Waals surface area contributed by atoms with Crippen LogP contribution in [-0.2, 0) is 11.2 Å². The van der Waals surface area contributed by atoms with Crippen LogP contribution in [0.2, 0.25) is 0 Å². The number of aliphatic carboxylic acids is 1. The summed E-state index contributed by atoms with van der Waals surface area (Å²) < 4.78 is 5.68. The molecule has 0 aromatic heterocycles. The van der Waals surface area contributed by atoms with Gasteiger partial charge < -0.3 is 9.84 Å². The van der Waals surface area contributed by atoms with Crippen LogP contribution in [0.3, 0.4) is 0 Å². The van der Waals surface area contributed by atoms with Crippen LogP contribution < -0.4 is 4.74 Å². The van der Waals surface area contributed by atoms with E-state index >= 15 is 0 Å². The van der Waals surface area contributed by atoms with Crippen LogP contribution in [0.4, 0.5) is 0 Å². The van der Waals surface area contributed by atoms with Crippen LogP contribution >= 0.6 is 0 Å². The highest BCUT2D eigenvalue weighted by molar-refractivity contribution is 5.73. The average molecular weight is 284 g/mol. The largest absolute Gasteiger partial charge is 0.478 e. The number of hydrogen-bond acceptors (Lipinski definition) is 2. The van der Waals surface area contributed by atoms with Crippen LogP contribution in [0, 0.1) is 20.8 Å². The zero-order valence-corrected chi connectivity index (χ0v) is 12.6. The first-order valence-corrected chi connectivity index (χ1v) is 6.98. The minimum absolute atomic E-state index is 0.352. The number of carboxylic acids is 1. The van der Waals surface area contributed by atoms with Gasteiger partial charge in [0, 0.05) is 6.42 Å². The normalized spacial score (nSPS) is 12.0. The predicted octanol–water partition coefficient (Wildman–Crippen LogP) is 3.69. The average Bonchev–Trinajstić information content (AvgIpc) is 2.44. The lowest BCUT2D eigenvalue weighted by molar-refractivity contribution is -0.145. The van der Waals surface area contributed by atoms with E-state index in [1.807, 2.05) is 57.2 Å². The molecule has 3 heteroatoms. The molecule has 0 fully saturated rings. The van der Waals surface area contributed by atoms with E-state index in [0.717, 1.165) is 16.7 Å². The molecule has 21 heavy (non-hydrogen) atoms. The van der Waals surface area contributed by atoms with E-state index in [4.69, 9.17) is 4.74 Å². The number of carboxylic acid groups (broad SMARTS) is 1. The Bertz CT molecular complexity index is 647. The third kappa shape index (κ3) is 3.85. The van der Waals surface area contributed by atoms with Gasteiger partial charge in [0.25, 0.3) is 0 Å². The van der Waals surface area contributed by atoms with Gasteiger partial charge in [-0.3, -0.25) is 0 Å². The third-order valence-electron chi connectivity index (χ3n) is 3.63. The Labute approximate surface area is 125 Å². The minimum atomic E-state index is -0.948. The highest BCUT2D eigenvalue weighted by Crippen LogP contribution is 2.20. The maximum absolute atomic E-state index is 11.4. The van der Waals surface area contributed by atoms with Gasteiger partial charge in [0.05, 0.1) is 0 Å². The Morgan fingerprint density at radius 3 is 2.38 bits per heavy atom. The van der Waals surface area contributed by atoms with E-state index in [2.05, 4.69) is 0 Å². The second-order valence-corrected chi connectivity index (χ2v) is 5.33. The molecule has 3 nitrogen and oxygen atoms in total. The molecule has 1 N–H and O–H groups in total. The van der Waals surface area contributed by atoms with Gasteiger partial charge in [-0.25, -0.2) is 4.79 Å². The fourth-order valence-electron chi connectivity index (χ4n) is 2.17. The van der Waals surface area contributed by atoms with Crippen LogP contribution in [0.25, 0.3) is 0 Å². The zero-order valence-electron chi connectivity index (χ0n) is 12.6. The molecule has 0 saturated carbocycles. The Hall–Kier alpha value is -2.29. The molecule has 0 saturated heterocycles. The van der Waals surface area contributed by atoms with Crippen molar-refractivity contribution >= 4 is 5.97 Å². The van der Waals surface area contributed by atoms with Crippen LogP contribution in [0.5, 0.6) is 5.75 Å². The highest BCUT2D eigenvalue weighted by Gasteiger charge is 2.20. The second kappa shape index (κ2) is 6.44. The highest BCUT2D eigenvalue weighted by atomic mass is 16.5. The Balaban J connectivity index is 2.18. The van der Waals surface area contributed by atoms with Crippen molar-refractivity contribution < 1.29 is 14.6 Å². The summed E-state index contributed by atoms with van der Waals surface area (Å²) in [6, 6.07) is 13.4. The molecule has 0 radical (unpaired) electrons. The van der Waals surface area contributed by atoms with Crippen LogP contribution in [0.15, 0.2) is 42.5 Å². The first kappa shape index (κ1) is 15.1. The summed E-state index contributed by atoms with van der Waals surface area (Å²) in [6.07, 6.45) is -0.529. The lowest BCUT2D eigenvalue weighted by Crippen LogP contribution is -2.29. The van der Waals surface area contributed by atoms with E-state index in [0.29, 0.717) is 12.2 Å². The standard InChI is InChI=1S/C18H20O3/c1-12-8-9-15(10-14(12)3)11-17(18(19)20)21-16-7-5-4-6-13(16)2/h4-10,17H,11H2,1-3H3,(H,19,20)/t17-/m1/s1. The van der Waals surface area contributed by atoms with E-state index in [1.54, 1.807) is 6.07 Å². The first-order chi connectivity index (χ1) is 9.97. The molecule has 0 aliphatic carbocycles. The van der Waals surface area contributed by atoms with Gasteiger partial charge in [0.2, 0.25) is 0 Å². The number of benzene rings is 2. The number of aryl methyl sites for hydroxylation is 3. The van der Waals surface area contributed by atoms with Crippen molar-refractivity contribution in [1.29, 1.82) is 0 Å². The predicted molar refractivity (Wildman–Crippen MR) is 82.9 cm³/mol. The number of carbonyl (C=O) groups is 1. The monoisotopic (exact) mass is 284 g/mol. The fraction of sp³-hybridized carbons (Fsp3) is 0.278. The number of hydrogen-bond donors (Lipinski definition) is 1. The molecular formula is C18H20O3. The summed E-state index contributed by atoms with van der Waals surface area (Å²) in [5, 5.41) is 9.39. The van der Waals surface area contributed by atoms with E-state index in [1.165, 1.54) is 5.56 Å². The lowest BCUT2D eigenvalue weighted by atomic mass is 10.0. The van der Waals surface area contributed by atoms with E-state index < -0.39 is 12.1 Å². The van der Waals surface area contributed by atoms with Crippen molar-refractivity contribution in [1.82, 2.24) is 0 Å². The van der Waals surface area contributed by atoms with Gasteiger partial charge in [-0.1, -0.05) is 36.4 Å². The molecule has 2 aromatic rings. The zero-order chi connectivity index (χ0) is 15.4. The summed E-state index contributed by atoms with van der Waals surface area (Å²) in [7, 11) is 0. The van der Waals surface area contributed by atoms with Gasteiger partial charge in [-0.05, 0) is 49.1 Å². The third-order valence-corrected chi connectivity index (χ3v) is 3.63. The van der Waals surface area contributed by atoms with Crippen molar-refractivity contribution in [3.8, 4) is 5.75 Å². The molecule has 0 bridgehead atoms. The minimum Gasteiger partial charge on any atom is -0.478 e. The Morgan fingerprint density at radius 2 is 1.76 bits per heavy atom. The SMILES string of the molecule is Cc1ccc(C[C@@H](Oc2ccccc2C)C(=O)O)cc1C. The van der Waals surface area contributed by atoms with Gasteiger partial charge >= 0.3 is 5.97 Å². The van der Waals surface area contributed by atoms with Gasteiger partial charge in [0.1, 0.15) is 5.75 Å². The lowest BCUT2D eigenvalue weighted by Gasteiger charge is -2.17. The second-order valence-electron chi connectivity index (χ2n) is 5.33. The molecular weight excluding hydrogens is 264 g/mol. The first-order valence-electron chi connectivity index (χ1n) is 6.98. The molecule has 0 spiro atoms. The van der Waals surface area contributed by atoms with Crippen molar-refractivity contribution in [3.63, 3.8) is 0 Å². The van der Waals surface area contributed by atoms with E-state index in [-0.39, 0.29) is 0 Å². The molecule has 0 aliphatic rings. The molecule has 110 valence electrons. The van der Waals surface area contributed by atoms with E-state index in [9.17, 15) is 9.90 Å². The van der Waals surface area contributed by atoms with Crippen molar-refractivity contribution in [2.75, 3.05) is 0 Å². The van der Waals surface area contributed by atoms with Crippen LogP contribution in [0.1, 0.15) is 22.3 Å². The Morgan fingerprint density at radius 1 is 1.05 bits per heavy atom.